The van der Waals surface area contributed by atoms with Crippen LogP contribution < -0.4 is 5.73 Å². The minimum Gasteiger partial charge on any atom is -0.449 e. The zero-order valence-electron chi connectivity index (χ0n) is 11.0. The average molecular weight is 303 g/mol. The van der Waals surface area contributed by atoms with E-state index < -0.39 is 15.9 Å². The van der Waals surface area contributed by atoms with Crippen LogP contribution in [0.2, 0.25) is 0 Å². The summed E-state index contributed by atoms with van der Waals surface area (Å²) in [4.78, 5) is 11.4. The van der Waals surface area contributed by atoms with Crippen LogP contribution in [0.5, 0.6) is 0 Å². The summed E-state index contributed by atoms with van der Waals surface area (Å²) in [6.45, 7) is 0.0128. The maximum Gasteiger partial charge on any atom is 0.404 e. The minimum absolute atomic E-state index is 0.0128. The molecule has 1 aliphatic rings. The van der Waals surface area contributed by atoms with E-state index in [0.717, 1.165) is 0 Å². The molecule has 0 aliphatic carbocycles. The first-order chi connectivity index (χ1) is 10.0. The van der Waals surface area contributed by atoms with E-state index in [2.05, 4.69) is 0 Å². The molecule has 108 valence electrons. The van der Waals surface area contributed by atoms with Gasteiger partial charge in [0.2, 0.25) is 9.84 Å². The van der Waals surface area contributed by atoms with Crippen LogP contribution >= 0.6 is 0 Å². The van der Waals surface area contributed by atoms with E-state index in [-0.39, 0.29) is 22.3 Å². The first-order valence-electron chi connectivity index (χ1n) is 6.37. The Labute approximate surface area is 122 Å². The molecule has 1 amide bonds. The number of fused-ring (bicyclic) bond motifs is 2. The van der Waals surface area contributed by atoms with E-state index >= 15 is 0 Å². The zero-order chi connectivity index (χ0) is 15.0. The van der Waals surface area contributed by atoms with Crippen molar-refractivity contribution in [2.45, 2.75) is 15.7 Å². The highest BCUT2D eigenvalue weighted by atomic mass is 32.2. The smallest absolute Gasteiger partial charge is 0.404 e. The summed E-state index contributed by atoms with van der Waals surface area (Å²) in [6.07, 6.45) is -0.876. The lowest BCUT2D eigenvalue weighted by Crippen LogP contribution is -2.24. The monoisotopic (exact) mass is 303 g/mol. The quantitative estimate of drug-likeness (QED) is 0.920. The lowest BCUT2D eigenvalue weighted by atomic mass is 9.91. The molecule has 21 heavy (non-hydrogen) atoms. The first-order valence-corrected chi connectivity index (χ1v) is 7.85. The van der Waals surface area contributed by atoms with Gasteiger partial charge in [0, 0.05) is 5.92 Å². The Balaban J connectivity index is 2.21. The third-order valence-corrected chi connectivity index (χ3v) is 5.46. The number of benzene rings is 2. The first kappa shape index (κ1) is 13.6. The predicted molar refractivity (Wildman–Crippen MR) is 75.7 cm³/mol. The van der Waals surface area contributed by atoms with Gasteiger partial charge in [-0.05, 0) is 23.3 Å². The highest BCUT2D eigenvalue weighted by Gasteiger charge is 2.35. The van der Waals surface area contributed by atoms with E-state index in [0.29, 0.717) is 11.1 Å². The van der Waals surface area contributed by atoms with Crippen LogP contribution in [0.4, 0.5) is 4.79 Å². The third kappa shape index (κ3) is 2.17. The second-order valence-corrected chi connectivity index (χ2v) is 6.65. The Kier molecular flexibility index (Phi) is 3.17. The average Bonchev–Trinajstić information content (AvgIpc) is 2.47. The lowest BCUT2D eigenvalue weighted by Gasteiger charge is -2.27. The van der Waals surface area contributed by atoms with Crippen LogP contribution in [0.25, 0.3) is 0 Å². The molecule has 0 bridgehead atoms. The van der Waals surface area contributed by atoms with E-state index in [1.807, 2.05) is 0 Å². The van der Waals surface area contributed by atoms with Crippen molar-refractivity contribution in [3.63, 3.8) is 0 Å². The molecule has 0 saturated heterocycles. The maximum atomic E-state index is 12.6. The fourth-order valence-electron chi connectivity index (χ4n) is 2.66. The van der Waals surface area contributed by atoms with E-state index in [9.17, 15) is 13.2 Å². The van der Waals surface area contributed by atoms with Gasteiger partial charge in [-0.3, -0.25) is 0 Å². The molecule has 0 radical (unpaired) electrons. The molecule has 0 spiro atoms. The van der Waals surface area contributed by atoms with Gasteiger partial charge in [-0.25, -0.2) is 13.2 Å². The molecule has 2 aromatic carbocycles. The van der Waals surface area contributed by atoms with Crippen molar-refractivity contribution >= 4 is 15.9 Å². The predicted octanol–water partition coefficient (Wildman–Crippen LogP) is 2.06. The van der Waals surface area contributed by atoms with Gasteiger partial charge in [0.15, 0.2) is 0 Å². The number of hydrogen-bond acceptors (Lipinski definition) is 4. The molecule has 3 rings (SSSR count). The lowest BCUT2D eigenvalue weighted by molar-refractivity contribution is 0.152. The highest BCUT2D eigenvalue weighted by Crippen LogP contribution is 2.41. The van der Waals surface area contributed by atoms with Gasteiger partial charge < -0.3 is 10.5 Å². The fraction of sp³-hybridized carbons (Fsp3) is 0.133. The van der Waals surface area contributed by atoms with E-state index in [1.165, 1.54) is 0 Å². The van der Waals surface area contributed by atoms with Crippen LogP contribution in [-0.4, -0.2) is 21.1 Å². The zero-order valence-corrected chi connectivity index (χ0v) is 11.8. The molecule has 0 atom stereocenters. The number of sulfone groups is 1. The van der Waals surface area contributed by atoms with Crippen molar-refractivity contribution in [2.75, 3.05) is 6.61 Å². The minimum atomic E-state index is -3.54. The standard InChI is InChI=1S/C15H13NO4S/c16-15(17)20-9-12-10-5-1-3-7-13(10)21(18,19)14-8-4-2-6-11(12)14/h1-8,12H,9H2,(H2,16,17). The molecule has 2 N–H and O–H groups in total. The maximum absolute atomic E-state index is 12.6. The van der Waals surface area contributed by atoms with Crippen LogP contribution in [0, 0.1) is 0 Å². The van der Waals surface area contributed by atoms with Crippen LogP contribution in [-0.2, 0) is 14.6 Å². The van der Waals surface area contributed by atoms with Crippen molar-refractivity contribution in [1.29, 1.82) is 0 Å². The number of carbonyl (C=O) groups is 1. The van der Waals surface area contributed by atoms with Crippen molar-refractivity contribution in [2.24, 2.45) is 5.73 Å². The molecule has 0 fully saturated rings. The molecule has 0 saturated carbocycles. The van der Waals surface area contributed by atoms with Crippen LogP contribution in [0.1, 0.15) is 17.0 Å². The van der Waals surface area contributed by atoms with E-state index in [1.54, 1.807) is 48.5 Å². The molecule has 5 nitrogen and oxygen atoms in total. The molecule has 1 heterocycles. The van der Waals surface area contributed by atoms with Gasteiger partial charge in [0.05, 0.1) is 9.79 Å². The van der Waals surface area contributed by atoms with Crippen molar-refractivity contribution in [3.8, 4) is 0 Å². The summed E-state index contributed by atoms with van der Waals surface area (Å²) in [5, 5.41) is 0. The molecule has 1 aliphatic heterocycles. The number of hydrogen-bond donors (Lipinski definition) is 1. The van der Waals surface area contributed by atoms with Gasteiger partial charge >= 0.3 is 6.09 Å². The van der Waals surface area contributed by atoms with Gasteiger partial charge in [-0.15, -0.1) is 0 Å². The molecule has 0 aromatic heterocycles. The second-order valence-electron chi connectivity index (χ2n) is 4.76. The highest BCUT2D eigenvalue weighted by molar-refractivity contribution is 7.91. The fourth-order valence-corrected chi connectivity index (χ4v) is 4.45. The number of primary amides is 1. The molecule has 0 unspecified atom stereocenters. The topological polar surface area (TPSA) is 86.5 Å². The third-order valence-electron chi connectivity index (χ3n) is 3.56. The summed E-state index contributed by atoms with van der Waals surface area (Å²) < 4.78 is 30.2. The Morgan fingerprint density at radius 1 is 1.00 bits per heavy atom. The SMILES string of the molecule is NC(=O)OCC1c2ccccc2S(=O)(=O)c2ccccc21. The number of carbonyl (C=O) groups excluding carboxylic acids is 1. The number of rotatable bonds is 2. The Morgan fingerprint density at radius 3 is 1.95 bits per heavy atom. The Morgan fingerprint density at radius 2 is 1.48 bits per heavy atom. The Bertz CT molecular complexity index is 760. The largest absolute Gasteiger partial charge is 0.449 e. The molecule has 2 aromatic rings. The second kappa shape index (κ2) is 4.89. The number of nitrogens with two attached hydrogens (primary N) is 1. The number of ether oxygens (including phenoxy) is 1. The summed E-state index contributed by atoms with van der Waals surface area (Å²) in [5.41, 5.74) is 6.27. The van der Waals surface area contributed by atoms with Gasteiger partial charge in [-0.1, -0.05) is 36.4 Å². The van der Waals surface area contributed by atoms with Crippen LogP contribution in [0.15, 0.2) is 58.3 Å². The van der Waals surface area contributed by atoms with Crippen molar-refractivity contribution in [1.82, 2.24) is 0 Å². The number of amides is 1. The molecular formula is C15H13NO4S. The van der Waals surface area contributed by atoms with Gasteiger partial charge in [-0.2, -0.15) is 0 Å². The van der Waals surface area contributed by atoms with Crippen molar-refractivity contribution < 1.29 is 17.9 Å². The van der Waals surface area contributed by atoms with Gasteiger partial charge in [0.1, 0.15) is 6.61 Å². The summed E-state index contributed by atoms with van der Waals surface area (Å²) >= 11 is 0. The summed E-state index contributed by atoms with van der Waals surface area (Å²) in [7, 11) is -3.54. The Hall–Kier alpha value is -2.34. The molecule has 6 heteroatoms. The van der Waals surface area contributed by atoms with Crippen molar-refractivity contribution in [3.05, 3.63) is 59.7 Å². The summed E-state index contributed by atoms with van der Waals surface area (Å²) in [6, 6.07) is 13.5. The van der Waals surface area contributed by atoms with Crippen LogP contribution in [0.3, 0.4) is 0 Å². The summed E-state index contributed by atoms with van der Waals surface area (Å²) in [5.74, 6) is -0.339. The van der Waals surface area contributed by atoms with Gasteiger partial charge in [0.25, 0.3) is 0 Å². The molecular weight excluding hydrogens is 290 g/mol. The van der Waals surface area contributed by atoms with E-state index in [4.69, 9.17) is 10.5 Å². The normalized spacial score (nSPS) is 15.8.